The molecule has 0 atom stereocenters. The lowest BCUT2D eigenvalue weighted by atomic mass is 10.0. The van der Waals surface area contributed by atoms with E-state index in [1.165, 1.54) is 37.5 Å². The monoisotopic (exact) mass is 632 g/mol. The van der Waals surface area contributed by atoms with E-state index in [0.717, 1.165) is 32.5 Å². The number of carbonyl (C=O) groups excluding carboxylic acids is 1. The number of carbonyl (C=O) groups is 1. The summed E-state index contributed by atoms with van der Waals surface area (Å²) >= 11 is 12.2. The Bertz CT molecular complexity index is 1460. The number of aliphatic imine (C=N–C) groups is 1. The molecule has 2 aliphatic heterocycles. The van der Waals surface area contributed by atoms with E-state index in [2.05, 4.69) is 26.2 Å². The van der Waals surface area contributed by atoms with Crippen LogP contribution >= 0.6 is 23.2 Å². The quantitative estimate of drug-likeness (QED) is 0.202. The van der Waals surface area contributed by atoms with E-state index in [9.17, 15) is 13.6 Å². The van der Waals surface area contributed by atoms with Gasteiger partial charge in [0.2, 0.25) is 11.7 Å². The first-order chi connectivity index (χ1) is 20.7. The summed E-state index contributed by atoms with van der Waals surface area (Å²) in [6, 6.07) is 12.1. The average Bonchev–Trinajstić information content (AvgIpc) is 2.98. The number of methoxy groups -OCH3 is 1. The van der Waals surface area contributed by atoms with Gasteiger partial charge in [-0.25, -0.2) is 13.8 Å². The lowest BCUT2D eigenvalue weighted by molar-refractivity contribution is -0.119. The lowest BCUT2D eigenvalue weighted by Crippen LogP contribution is -2.44. The number of nitrogens with one attached hydrogen (secondary N) is 4. The van der Waals surface area contributed by atoms with Crippen molar-refractivity contribution < 1.29 is 23.0 Å². The molecule has 13 heteroatoms. The average molecular weight is 634 g/mol. The number of piperidine rings is 1. The summed E-state index contributed by atoms with van der Waals surface area (Å²) in [5.74, 6) is -1.50. The van der Waals surface area contributed by atoms with Gasteiger partial charge in [-0.1, -0.05) is 23.2 Å². The highest BCUT2D eigenvalue weighted by Crippen LogP contribution is 2.43. The van der Waals surface area contributed by atoms with Crippen LogP contribution in [0.3, 0.4) is 0 Å². The van der Waals surface area contributed by atoms with E-state index in [4.69, 9.17) is 37.7 Å². The van der Waals surface area contributed by atoms with Gasteiger partial charge in [-0.3, -0.25) is 4.79 Å². The molecule has 9 nitrogen and oxygen atoms in total. The van der Waals surface area contributed by atoms with Crippen LogP contribution in [-0.4, -0.2) is 56.5 Å². The topological polar surface area (TPSA) is 99.2 Å². The molecular formula is C30H32Cl2F2N6O3. The summed E-state index contributed by atoms with van der Waals surface area (Å²) in [4.78, 5) is 18.2. The Hall–Kier alpha value is -3.80. The summed E-state index contributed by atoms with van der Waals surface area (Å²) in [5, 5.41) is 12.5. The number of likely N-dealkylation sites (tertiary alicyclic amines) is 1. The Balaban J connectivity index is 1.46. The molecule has 43 heavy (non-hydrogen) atoms. The molecule has 3 aromatic rings. The maximum absolute atomic E-state index is 14.0. The lowest BCUT2D eigenvalue weighted by Gasteiger charge is -2.38. The molecule has 4 N–H and O–H groups in total. The van der Waals surface area contributed by atoms with Gasteiger partial charge in [-0.15, -0.1) is 0 Å². The summed E-state index contributed by atoms with van der Waals surface area (Å²) in [6.07, 6.45) is 3.03. The van der Waals surface area contributed by atoms with Crippen molar-refractivity contribution in [3.05, 3.63) is 75.8 Å². The number of hydrogen-bond acceptors (Lipinski definition) is 8. The number of anilines is 3. The Labute approximate surface area is 258 Å². The second-order valence-electron chi connectivity index (χ2n) is 10.3. The van der Waals surface area contributed by atoms with Crippen molar-refractivity contribution in [1.29, 1.82) is 0 Å². The minimum Gasteiger partial charge on any atom is -0.493 e. The summed E-state index contributed by atoms with van der Waals surface area (Å²) < 4.78 is 40.2. The normalized spacial score (nSPS) is 16.1. The molecule has 2 heterocycles. The largest absolute Gasteiger partial charge is 0.493 e. The zero-order valence-electron chi connectivity index (χ0n) is 23.6. The smallest absolute Gasteiger partial charge is 0.236 e. The van der Waals surface area contributed by atoms with Crippen molar-refractivity contribution in [1.82, 2.24) is 10.2 Å². The van der Waals surface area contributed by atoms with Gasteiger partial charge in [0.05, 0.1) is 29.2 Å². The van der Waals surface area contributed by atoms with Crippen LogP contribution in [0.4, 0.5) is 25.8 Å². The van der Waals surface area contributed by atoms with Gasteiger partial charge in [0.25, 0.3) is 0 Å². The molecule has 0 aliphatic carbocycles. The number of nitrogens with zero attached hydrogens (tertiary/aromatic N) is 2. The van der Waals surface area contributed by atoms with Crippen LogP contribution in [0.15, 0.2) is 53.5 Å². The van der Waals surface area contributed by atoms with E-state index < -0.39 is 17.4 Å². The first-order valence-electron chi connectivity index (χ1n) is 13.8. The third-order valence-electron chi connectivity index (χ3n) is 7.29. The van der Waals surface area contributed by atoms with Crippen LogP contribution in [0.2, 0.25) is 10.0 Å². The Morgan fingerprint density at radius 1 is 1.02 bits per heavy atom. The van der Waals surface area contributed by atoms with Crippen molar-refractivity contribution in [2.45, 2.75) is 31.7 Å². The summed E-state index contributed by atoms with van der Waals surface area (Å²) in [7, 11) is 1.57. The fraction of sp³-hybridized carbons (Fsp3) is 0.333. The van der Waals surface area contributed by atoms with Gasteiger partial charge in [0.15, 0.2) is 11.5 Å². The SMILES string of the molecule is COc1cc2c(cc1OC1CCN(CCNC(C)=O)CC1)C(Nc1ccc(F)c(Cl)c1)(Nc1ccc(F)c(Cl)c1)N=CN2. The second kappa shape index (κ2) is 13.2. The van der Waals surface area contributed by atoms with Crippen molar-refractivity contribution in [2.24, 2.45) is 4.99 Å². The molecule has 0 saturated carbocycles. The molecule has 0 unspecified atom stereocenters. The van der Waals surface area contributed by atoms with Crippen LogP contribution < -0.4 is 30.7 Å². The first kappa shape index (κ1) is 30.7. The predicted molar refractivity (Wildman–Crippen MR) is 166 cm³/mol. The molecule has 1 saturated heterocycles. The molecule has 0 spiro atoms. The molecule has 1 amide bonds. The molecule has 0 radical (unpaired) electrons. The molecule has 1 fully saturated rings. The molecule has 3 aromatic carbocycles. The van der Waals surface area contributed by atoms with Crippen LogP contribution in [0, 0.1) is 11.6 Å². The Morgan fingerprint density at radius 2 is 1.65 bits per heavy atom. The van der Waals surface area contributed by atoms with Gasteiger partial charge in [0, 0.05) is 56.1 Å². The zero-order valence-corrected chi connectivity index (χ0v) is 25.2. The highest BCUT2D eigenvalue weighted by Gasteiger charge is 2.38. The first-order valence-corrected chi connectivity index (χ1v) is 14.5. The molecule has 0 bridgehead atoms. The fourth-order valence-electron chi connectivity index (χ4n) is 5.11. The maximum Gasteiger partial charge on any atom is 0.236 e. The standard InChI is InChI=1S/C30H32Cl2F2N6O3/c1-18(41)35-9-12-40-10-7-21(8-11-40)43-29-15-22-27(16-28(29)42-2)36-17-37-30(22,38-19-3-5-25(33)23(31)13-19)39-20-4-6-26(34)24(32)14-20/h3-6,13-17,21,38-39H,7-12H2,1-2H3,(H,35,41)(H,36,37). The molecule has 0 aromatic heterocycles. The fourth-order valence-corrected chi connectivity index (χ4v) is 5.48. The third kappa shape index (κ3) is 7.23. The second-order valence-corrected chi connectivity index (χ2v) is 11.1. The highest BCUT2D eigenvalue weighted by atomic mass is 35.5. The van der Waals surface area contributed by atoms with Crippen LogP contribution in [0.25, 0.3) is 0 Å². The Morgan fingerprint density at radius 3 is 2.21 bits per heavy atom. The summed E-state index contributed by atoms with van der Waals surface area (Å²) in [5.41, 5.74) is 2.23. The minimum atomic E-state index is -1.37. The van der Waals surface area contributed by atoms with Gasteiger partial charge >= 0.3 is 0 Å². The van der Waals surface area contributed by atoms with Crippen LogP contribution in [0.5, 0.6) is 11.5 Å². The number of amides is 1. The van der Waals surface area contributed by atoms with E-state index in [0.29, 0.717) is 40.7 Å². The van der Waals surface area contributed by atoms with Crippen molar-refractivity contribution in [3.63, 3.8) is 0 Å². The predicted octanol–water partition coefficient (Wildman–Crippen LogP) is 6.05. The maximum atomic E-state index is 14.0. The molecule has 228 valence electrons. The Kier molecular flexibility index (Phi) is 9.43. The van der Waals surface area contributed by atoms with Gasteiger partial charge in [0.1, 0.15) is 17.7 Å². The zero-order chi connectivity index (χ0) is 30.6. The number of rotatable bonds is 10. The van der Waals surface area contributed by atoms with Gasteiger partial charge in [-0.05, 0) is 55.3 Å². The van der Waals surface area contributed by atoms with Crippen LogP contribution in [0.1, 0.15) is 25.3 Å². The molecule has 2 aliphatic rings. The van der Waals surface area contributed by atoms with E-state index >= 15 is 0 Å². The summed E-state index contributed by atoms with van der Waals surface area (Å²) in [6.45, 7) is 4.54. The number of fused-ring (bicyclic) bond motifs is 1. The van der Waals surface area contributed by atoms with Crippen molar-refractivity contribution in [2.75, 3.05) is 49.2 Å². The molecular weight excluding hydrogens is 601 g/mol. The number of benzene rings is 3. The van der Waals surface area contributed by atoms with Crippen LogP contribution in [-0.2, 0) is 10.6 Å². The number of halogens is 4. The number of hydrogen-bond donors (Lipinski definition) is 4. The third-order valence-corrected chi connectivity index (χ3v) is 7.87. The van der Waals surface area contributed by atoms with E-state index in [1.807, 2.05) is 12.1 Å². The minimum absolute atomic E-state index is 0.0401. The van der Waals surface area contributed by atoms with E-state index in [1.54, 1.807) is 19.2 Å². The highest BCUT2D eigenvalue weighted by molar-refractivity contribution is 6.31. The van der Waals surface area contributed by atoms with Crippen molar-refractivity contribution in [3.8, 4) is 11.5 Å². The van der Waals surface area contributed by atoms with Gasteiger partial charge < -0.3 is 35.6 Å². The van der Waals surface area contributed by atoms with E-state index in [-0.39, 0.29) is 22.1 Å². The number of ether oxygens (including phenoxy) is 2. The van der Waals surface area contributed by atoms with Crippen molar-refractivity contribution >= 4 is 52.5 Å². The molecule has 5 rings (SSSR count). The van der Waals surface area contributed by atoms with Gasteiger partial charge in [-0.2, -0.15) is 0 Å².